The van der Waals surface area contributed by atoms with Gasteiger partial charge in [-0.1, -0.05) is 12.1 Å². The van der Waals surface area contributed by atoms with Crippen molar-refractivity contribution < 1.29 is 44.8 Å². The van der Waals surface area contributed by atoms with Crippen LogP contribution in [0.25, 0.3) is 0 Å². The van der Waals surface area contributed by atoms with Gasteiger partial charge in [-0.3, -0.25) is 0 Å². The zero-order valence-corrected chi connectivity index (χ0v) is 15.3. The van der Waals surface area contributed by atoms with E-state index in [9.17, 15) is 30.6 Å². The van der Waals surface area contributed by atoms with Gasteiger partial charge in [-0.25, -0.2) is 0 Å². The largest absolute Gasteiger partial charge is 0.508 e. The molecule has 0 unspecified atom stereocenters. The Morgan fingerprint density at radius 2 is 1.62 bits per heavy atom. The fraction of sp³-hybridized carbons (Fsp3) is 0.400. The Kier molecular flexibility index (Phi) is 5.24. The Hall–Kier alpha value is -2.56. The number of aromatic hydroxyl groups is 3. The number of hydrogen-bond acceptors (Lipinski definition) is 9. The van der Waals surface area contributed by atoms with Crippen molar-refractivity contribution in [1.29, 1.82) is 0 Å². The number of fused-ring (bicyclic) bond motifs is 1. The third-order valence-electron chi connectivity index (χ3n) is 5.15. The minimum absolute atomic E-state index is 0.0702. The van der Waals surface area contributed by atoms with Crippen molar-refractivity contribution in [3.63, 3.8) is 0 Å². The van der Waals surface area contributed by atoms with Gasteiger partial charge in [0.2, 0.25) is 0 Å². The molecule has 2 aromatic carbocycles. The Morgan fingerprint density at radius 3 is 2.34 bits per heavy atom. The summed E-state index contributed by atoms with van der Waals surface area (Å²) in [6, 6.07) is 8.81. The molecule has 0 aliphatic carbocycles. The highest BCUT2D eigenvalue weighted by Gasteiger charge is 2.42. The average Bonchev–Trinajstić information content (AvgIpc) is 2.69. The lowest BCUT2D eigenvalue weighted by atomic mass is 9.93. The first kappa shape index (κ1) is 19.7. The summed E-state index contributed by atoms with van der Waals surface area (Å²) < 4.78 is 17.2. The van der Waals surface area contributed by atoms with Gasteiger partial charge in [0, 0.05) is 24.1 Å². The van der Waals surface area contributed by atoms with E-state index in [1.54, 1.807) is 12.1 Å². The molecule has 4 rings (SSSR count). The lowest BCUT2D eigenvalue weighted by Gasteiger charge is -2.40. The number of phenols is 3. The molecule has 9 nitrogen and oxygen atoms in total. The summed E-state index contributed by atoms with van der Waals surface area (Å²) in [6.07, 6.45) is -6.65. The molecule has 0 radical (unpaired) electrons. The number of hydrogen-bond donors (Lipinski definition) is 6. The van der Waals surface area contributed by atoms with E-state index >= 15 is 0 Å². The number of aliphatic hydroxyl groups is 3. The number of benzene rings is 2. The normalized spacial score (nSPS) is 31.7. The van der Waals surface area contributed by atoms with Crippen molar-refractivity contribution in [2.24, 2.45) is 0 Å². The molecule has 9 heteroatoms. The number of rotatable bonds is 3. The SMILES string of the molecule is Oc1ccc([C@H]2Oc3cc(O)cc(O)c3C[C@@H]2O[C@@H]2OC[C@@H](O)[C@H](O)[C@H]2O)cc1. The van der Waals surface area contributed by atoms with E-state index in [0.717, 1.165) is 0 Å². The maximum absolute atomic E-state index is 10.2. The molecule has 6 N–H and O–H groups in total. The van der Waals surface area contributed by atoms with Gasteiger partial charge in [0.05, 0.1) is 6.61 Å². The van der Waals surface area contributed by atoms with Crippen LogP contribution in [0.2, 0.25) is 0 Å². The minimum atomic E-state index is -1.48. The van der Waals surface area contributed by atoms with E-state index in [-0.39, 0.29) is 36.0 Å². The molecule has 0 aromatic heterocycles. The average molecular weight is 406 g/mol. The van der Waals surface area contributed by atoms with Crippen molar-refractivity contribution in [3.8, 4) is 23.0 Å². The van der Waals surface area contributed by atoms with Gasteiger partial charge in [0.25, 0.3) is 0 Å². The smallest absolute Gasteiger partial charge is 0.186 e. The van der Waals surface area contributed by atoms with Gasteiger partial charge in [-0.15, -0.1) is 0 Å². The van der Waals surface area contributed by atoms with Crippen LogP contribution in [0.4, 0.5) is 0 Å². The third-order valence-corrected chi connectivity index (χ3v) is 5.15. The summed E-state index contributed by atoms with van der Waals surface area (Å²) in [6.45, 7) is -0.212. The summed E-state index contributed by atoms with van der Waals surface area (Å²) in [4.78, 5) is 0. The zero-order chi connectivity index (χ0) is 20.7. The van der Waals surface area contributed by atoms with E-state index in [0.29, 0.717) is 11.1 Å². The second-order valence-corrected chi connectivity index (χ2v) is 7.20. The van der Waals surface area contributed by atoms with Gasteiger partial charge in [-0.2, -0.15) is 0 Å². The van der Waals surface area contributed by atoms with Crippen molar-refractivity contribution in [3.05, 3.63) is 47.5 Å². The van der Waals surface area contributed by atoms with Crippen molar-refractivity contribution >= 4 is 0 Å². The maximum Gasteiger partial charge on any atom is 0.186 e. The fourth-order valence-corrected chi connectivity index (χ4v) is 3.59. The quantitative estimate of drug-likeness (QED) is 0.423. The molecule has 2 heterocycles. The molecule has 6 atom stereocenters. The second kappa shape index (κ2) is 7.69. The summed E-state index contributed by atoms with van der Waals surface area (Å²) in [5.74, 6) is 0.0217. The van der Waals surface area contributed by atoms with Crippen LogP contribution in [0, 0.1) is 0 Å². The number of aliphatic hydroxyl groups excluding tert-OH is 3. The molecule has 29 heavy (non-hydrogen) atoms. The monoisotopic (exact) mass is 406 g/mol. The van der Waals surface area contributed by atoms with E-state index < -0.39 is 36.8 Å². The first-order chi connectivity index (χ1) is 13.8. The van der Waals surface area contributed by atoms with Crippen LogP contribution in [0.5, 0.6) is 23.0 Å². The highest BCUT2D eigenvalue weighted by atomic mass is 16.7. The van der Waals surface area contributed by atoms with Crippen LogP contribution in [-0.2, 0) is 15.9 Å². The Labute approximate surface area is 166 Å². The Bertz CT molecular complexity index is 869. The Balaban J connectivity index is 1.65. The van der Waals surface area contributed by atoms with Gasteiger partial charge < -0.3 is 44.8 Å². The molecule has 2 aromatic rings. The number of ether oxygens (including phenoxy) is 3. The topological polar surface area (TPSA) is 149 Å². The molecule has 0 amide bonds. The molecule has 0 spiro atoms. The molecule has 1 fully saturated rings. The summed E-state index contributed by atoms with van der Waals surface area (Å²) in [5.41, 5.74) is 1.06. The summed E-state index contributed by atoms with van der Waals surface area (Å²) in [5, 5.41) is 59.3. The molecule has 1 saturated heterocycles. The van der Waals surface area contributed by atoms with E-state index in [1.807, 2.05) is 0 Å². The maximum atomic E-state index is 10.2. The standard InChI is InChI=1S/C20H22O9/c21-10-3-1-9(2-4-10)19-16(29-20-18(26)17(25)14(24)8-27-20)7-12-13(23)5-11(22)6-15(12)28-19/h1-6,14,16-26H,7-8H2/t14-,16+,17+,18-,19-,20+/m1/s1. The lowest BCUT2D eigenvalue weighted by molar-refractivity contribution is -0.290. The van der Waals surface area contributed by atoms with Gasteiger partial charge in [0.1, 0.15) is 47.4 Å². The van der Waals surface area contributed by atoms with Crippen LogP contribution in [0.3, 0.4) is 0 Å². The highest BCUT2D eigenvalue weighted by molar-refractivity contribution is 5.51. The fourth-order valence-electron chi connectivity index (χ4n) is 3.59. The molecule has 156 valence electrons. The van der Waals surface area contributed by atoms with Gasteiger partial charge in [0.15, 0.2) is 12.4 Å². The first-order valence-corrected chi connectivity index (χ1v) is 9.15. The molecule has 2 aliphatic rings. The second-order valence-electron chi connectivity index (χ2n) is 7.20. The van der Waals surface area contributed by atoms with Crippen LogP contribution < -0.4 is 4.74 Å². The van der Waals surface area contributed by atoms with Gasteiger partial charge >= 0.3 is 0 Å². The lowest BCUT2D eigenvalue weighted by Crippen LogP contribution is -2.55. The van der Waals surface area contributed by atoms with Gasteiger partial charge in [-0.05, 0) is 17.7 Å². The van der Waals surface area contributed by atoms with E-state index in [4.69, 9.17) is 14.2 Å². The van der Waals surface area contributed by atoms with Crippen molar-refractivity contribution in [1.82, 2.24) is 0 Å². The predicted molar refractivity (Wildman–Crippen MR) is 97.6 cm³/mol. The van der Waals surface area contributed by atoms with Crippen molar-refractivity contribution in [2.75, 3.05) is 6.61 Å². The van der Waals surface area contributed by atoms with Crippen LogP contribution >= 0.6 is 0 Å². The molecular formula is C20H22O9. The first-order valence-electron chi connectivity index (χ1n) is 9.15. The van der Waals surface area contributed by atoms with E-state index in [1.165, 1.54) is 24.3 Å². The van der Waals surface area contributed by atoms with Crippen LogP contribution in [0.15, 0.2) is 36.4 Å². The van der Waals surface area contributed by atoms with Crippen molar-refractivity contribution in [2.45, 2.75) is 43.2 Å². The molecule has 0 bridgehead atoms. The van der Waals surface area contributed by atoms with Crippen LogP contribution in [-0.4, -0.2) is 68.0 Å². The molecule has 2 aliphatic heterocycles. The summed E-state index contributed by atoms with van der Waals surface area (Å²) >= 11 is 0. The summed E-state index contributed by atoms with van der Waals surface area (Å²) in [7, 11) is 0. The Morgan fingerprint density at radius 1 is 0.897 bits per heavy atom. The predicted octanol–water partition coefficient (Wildman–Crippen LogP) is 0.304. The molecular weight excluding hydrogens is 384 g/mol. The minimum Gasteiger partial charge on any atom is -0.508 e. The number of phenolic OH excluding ortho intramolecular Hbond substituents is 3. The highest BCUT2D eigenvalue weighted by Crippen LogP contribution is 2.43. The third kappa shape index (κ3) is 3.83. The van der Waals surface area contributed by atoms with Crippen LogP contribution in [0.1, 0.15) is 17.2 Å². The zero-order valence-electron chi connectivity index (χ0n) is 15.3. The molecule has 0 saturated carbocycles. The van der Waals surface area contributed by atoms with E-state index in [2.05, 4.69) is 0 Å².